The van der Waals surface area contributed by atoms with E-state index in [1.165, 1.54) is 18.1 Å². The molecule has 0 saturated carbocycles. The molecule has 2 rings (SSSR count). The lowest BCUT2D eigenvalue weighted by atomic mass is 10.3. The first-order chi connectivity index (χ1) is 7.79. The second-order valence-electron chi connectivity index (χ2n) is 3.08. The van der Waals surface area contributed by atoms with E-state index in [1.54, 1.807) is 6.20 Å². The Morgan fingerprint density at radius 3 is 3.00 bits per heavy atom. The summed E-state index contributed by atoms with van der Waals surface area (Å²) >= 11 is 0. The fraction of sp³-hybridized carbons (Fsp3) is 0.200. The van der Waals surface area contributed by atoms with Gasteiger partial charge in [-0.2, -0.15) is 0 Å². The zero-order valence-electron chi connectivity index (χ0n) is 8.70. The maximum absolute atomic E-state index is 11.1. The van der Waals surface area contributed by atoms with E-state index in [0.717, 1.165) is 5.69 Å². The van der Waals surface area contributed by atoms with Crippen molar-refractivity contribution in [3.63, 3.8) is 0 Å². The maximum Gasteiger partial charge on any atom is 0.377 e. The second-order valence-corrected chi connectivity index (χ2v) is 3.08. The Bertz CT molecular complexity index is 481. The third kappa shape index (κ3) is 2.22. The second kappa shape index (κ2) is 4.52. The number of carbonyl (C=O) groups is 1. The molecular weight excluding hydrogens is 208 g/mol. The van der Waals surface area contributed by atoms with Crippen molar-refractivity contribution in [2.45, 2.75) is 6.54 Å². The lowest BCUT2D eigenvalue weighted by Gasteiger charge is -1.98. The molecule has 82 valence electrons. The third-order valence-electron chi connectivity index (χ3n) is 1.95. The van der Waals surface area contributed by atoms with Crippen molar-refractivity contribution in [3.05, 3.63) is 42.2 Å². The number of esters is 1. The van der Waals surface area contributed by atoms with Crippen molar-refractivity contribution in [3.8, 4) is 0 Å². The Kier molecular flexibility index (Phi) is 2.90. The molecule has 0 bridgehead atoms. The molecule has 0 aliphatic carbocycles. The average molecular weight is 218 g/mol. The summed E-state index contributed by atoms with van der Waals surface area (Å²) < 4.78 is 6.04. The molecule has 0 aromatic carbocycles. The molecule has 6 nitrogen and oxygen atoms in total. The Hall–Kier alpha value is -2.24. The van der Waals surface area contributed by atoms with Gasteiger partial charge in [0.15, 0.2) is 0 Å². The molecule has 0 amide bonds. The molecule has 2 aromatic rings. The van der Waals surface area contributed by atoms with Gasteiger partial charge in [0.25, 0.3) is 5.82 Å². The molecule has 2 aromatic heterocycles. The predicted octanol–water partition coefficient (Wildman–Crippen LogP) is 0.508. The number of hydrogen-bond donors (Lipinski definition) is 0. The molecule has 0 spiro atoms. The van der Waals surface area contributed by atoms with Gasteiger partial charge in [0.2, 0.25) is 0 Å². The highest BCUT2D eigenvalue weighted by Crippen LogP contribution is 1.98. The standard InChI is InChI=1S/C10H10N4O2/c1-16-10(15)9-12-7-14(13-9)6-8-4-2-3-5-11-8/h2-5,7H,6H2,1H3. The summed E-state index contributed by atoms with van der Waals surface area (Å²) in [5.74, 6) is -0.488. The van der Waals surface area contributed by atoms with Crippen molar-refractivity contribution in [2.75, 3.05) is 7.11 Å². The molecule has 0 fully saturated rings. The summed E-state index contributed by atoms with van der Waals surface area (Å²) in [5, 5.41) is 3.97. The lowest BCUT2D eigenvalue weighted by Crippen LogP contribution is -2.07. The molecule has 0 radical (unpaired) electrons. The number of ether oxygens (including phenoxy) is 1. The van der Waals surface area contributed by atoms with Gasteiger partial charge in [0.1, 0.15) is 6.33 Å². The topological polar surface area (TPSA) is 69.9 Å². The van der Waals surface area contributed by atoms with Gasteiger partial charge in [-0.3, -0.25) is 4.98 Å². The van der Waals surface area contributed by atoms with Gasteiger partial charge in [-0.15, -0.1) is 5.10 Å². The van der Waals surface area contributed by atoms with Crippen molar-refractivity contribution >= 4 is 5.97 Å². The van der Waals surface area contributed by atoms with E-state index in [9.17, 15) is 4.79 Å². The van der Waals surface area contributed by atoms with Crippen molar-refractivity contribution in [1.29, 1.82) is 0 Å². The van der Waals surface area contributed by atoms with E-state index in [2.05, 4.69) is 19.8 Å². The fourth-order valence-electron chi connectivity index (χ4n) is 1.21. The highest BCUT2D eigenvalue weighted by Gasteiger charge is 2.11. The maximum atomic E-state index is 11.1. The Morgan fingerprint density at radius 2 is 2.31 bits per heavy atom. The predicted molar refractivity (Wildman–Crippen MR) is 54.7 cm³/mol. The molecule has 16 heavy (non-hydrogen) atoms. The fourth-order valence-corrected chi connectivity index (χ4v) is 1.21. The van der Waals surface area contributed by atoms with Crippen LogP contribution in [0.2, 0.25) is 0 Å². The first kappa shape index (κ1) is 10.3. The highest BCUT2D eigenvalue weighted by atomic mass is 16.5. The van der Waals surface area contributed by atoms with Gasteiger partial charge < -0.3 is 4.74 Å². The Labute approximate surface area is 91.9 Å². The minimum absolute atomic E-state index is 0.0541. The molecule has 2 heterocycles. The van der Waals surface area contributed by atoms with Crippen LogP contribution in [0.1, 0.15) is 16.3 Å². The molecule has 0 aliphatic rings. The summed E-state index contributed by atoms with van der Waals surface area (Å²) in [7, 11) is 1.29. The van der Waals surface area contributed by atoms with Crippen molar-refractivity contribution in [1.82, 2.24) is 19.7 Å². The zero-order chi connectivity index (χ0) is 11.4. The molecule has 0 aliphatic heterocycles. The van der Waals surface area contributed by atoms with Crippen LogP contribution in [0.3, 0.4) is 0 Å². The van der Waals surface area contributed by atoms with Crippen molar-refractivity contribution < 1.29 is 9.53 Å². The van der Waals surface area contributed by atoms with Crippen LogP contribution in [0.4, 0.5) is 0 Å². The van der Waals surface area contributed by atoms with E-state index in [0.29, 0.717) is 6.54 Å². The zero-order valence-corrected chi connectivity index (χ0v) is 8.70. The van der Waals surface area contributed by atoms with Gasteiger partial charge in [-0.05, 0) is 12.1 Å². The first-order valence-corrected chi connectivity index (χ1v) is 4.67. The van der Waals surface area contributed by atoms with Gasteiger partial charge in [0.05, 0.1) is 19.3 Å². The van der Waals surface area contributed by atoms with E-state index in [1.807, 2.05) is 18.2 Å². The normalized spacial score (nSPS) is 10.1. The minimum Gasteiger partial charge on any atom is -0.463 e. The number of methoxy groups -OCH3 is 1. The van der Waals surface area contributed by atoms with Crippen LogP contribution in [-0.2, 0) is 11.3 Å². The average Bonchev–Trinajstić information content (AvgIpc) is 2.78. The number of pyridine rings is 1. The number of hydrogen-bond acceptors (Lipinski definition) is 5. The monoisotopic (exact) mass is 218 g/mol. The number of carbonyl (C=O) groups excluding carboxylic acids is 1. The van der Waals surface area contributed by atoms with Gasteiger partial charge >= 0.3 is 5.97 Å². The largest absolute Gasteiger partial charge is 0.463 e. The van der Waals surface area contributed by atoms with Crippen LogP contribution in [0.5, 0.6) is 0 Å². The van der Waals surface area contributed by atoms with Gasteiger partial charge in [0, 0.05) is 6.20 Å². The van der Waals surface area contributed by atoms with Crippen LogP contribution >= 0.6 is 0 Å². The third-order valence-corrected chi connectivity index (χ3v) is 1.95. The van der Waals surface area contributed by atoms with Crippen molar-refractivity contribution in [2.24, 2.45) is 0 Å². The first-order valence-electron chi connectivity index (χ1n) is 4.67. The van der Waals surface area contributed by atoms with Gasteiger partial charge in [-0.1, -0.05) is 6.07 Å². The minimum atomic E-state index is -0.542. The molecule has 6 heteroatoms. The lowest BCUT2D eigenvalue weighted by molar-refractivity contribution is 0.0586. The highest BCUT2D eigenvalue weighted by molar-refractivity contribution is 5.84. The number of nitrogens with zero attached hydrogens (tertiary/aromatic N) is 4. The summed E-state index contributed by atoms with van der Waals surface area (Å²) in [5.41, 5.74) is 0.851. The van der Waals surface area contributed by atoms with Crippen LogP contribution in [0.15, 0.2) is 30.7 Å². The summed E-state index contributed by atoms with van der Waals surface area (Å²) in [6.07, 6.45) is 3.18. The molecular formula is C10H10N4O2. The molecule has 0 unspecified atom stereocenters. The summed E-state index contributed by atoms with van der Waals surface area (Å²) in [4.78, 5) is 19.1. The number of aromatic nitrogens is 4. The smallest absolute Gasteiger partial charge is 0.377 e. The van der Waals surface area contributed by atoms with Crippen LogP contribution in [0.25, 0.3) is 0 Å². The van der Waals surface area contributed by atoms with Crippen LogP contribution in [-0.4, -0.2) is 32.8 Å². The summed E-state index contributed by atoms with van der Waals surface area (Å²) in [6.45, 7) is 0.477. The van der Waals surface area contributed by atoms with E-state index in [4.69, 9.17) is 0 Å². The molecule has 0 N–H and O–H groups in total. The number of rotatable bonds is 3. The SMILES string of the molecule is COC(=O)c1ncn(Cc2ccccn2)n1. The van der Waals surface area contributed by atoms with E-state index < -0.39 is 5.97 Å². The van der Waals surface area contributed by atoms with Gasteiger partial charge in [-0.25, -0.2) is 14.5 Å². The van der Waals surface area contributed by atoms with Crippen LogP contribution in [0, 0.1) is 0 Å². The summed E-state index contributed by atoms with van der Waals surface area (Å²) in [6, 6.07) is 5.60. The van der Waals surface area contributed by atoms with E-state index in [-0.39, 0.29) is 5.82 Å². The Morgan fingerprint density at radius 1 is 1.44 bits per heavy atom. The van der Waals surface area contributed by atoms with Crippen LogP contribution < -0.4 is 0 Å². The molecule has 0 atom stereocenters. The molecule has 0 saturated heterocycles. The van der Waals surface area contributed by atoms with E-state index >= 15 is 0 Å². The quantitative estimate of drug-likeness (QED) is 0.702. The Balaban J connectivity index is 2.12.